The molecule has 1 rings (SSSR count). The highest BCUT2D eigenvalue weighted by atomic mass is 28.3. The van der Waals surface area contributed by atoms with Crippen LogP contribution in [0.25, 0.3) is 0 Å². The number of benzene rings is 1. The molecule has 1 aromatic carbocycles. The van der Waals surface area contributed by atoms with Gasteiger partial charge >= 0.3 is 0 Å². The Morgan fingerprint density at radius 2 is 0.778 bits per heavy atom. The van der Waals surface area contributed by atoms with Gasteiger partial charge in [-0.2, -0.15) is 0 Å². The van der Waals surface area contributed by atoms with Crippen molar-refractivity contribution >= 4 is 55.9 Å². The molecule has 0 amide bonds. The molecule has 0 saturated carbocycles. The van der Waals surface area contributed by atoms with Crippen molar-refractivity contribution in [1.82, 2.24) is 0 Å². The summed E-state index contributed by atoms with van der Waals surface area (Å²) in [6, 6.07) is 4.95. The molecule has 0 nitrogen and oxygen atoms in total. The summed E-state index contributed by atoms with van der Waals surface area (Å²) in [4.78, 5) is 0. The fourth-order valence-electron chi connectivity index (χ4n) is 2.47. The molecule has 0 aliphatic rings. The minimum atomic E-state index is -0.349. The Kier molecular flexibility index (Phi) is 5.83. The molecule has 0 atom stereocenters. The zero-order valence-corrected chi connectivity index (χ0v) is 17.2. The first-order valence-electron chi connectivity index (χ1n) is 6.66. The molecule has 0 N–H and O–H groups in total. The quantitative estimate of drug-likeness (QED) is 0.740. The maximum Gasteiger partial charge on any atom is 0.0789 e. The molecule has 0 heterocycles. The number of rotatable bonds is 4. The van der Waals surface area contributed by atoms with Crippen LogP contribution in [0.4, 0.5) is 0 Å². The van der Waals surface area contributed by atoms with Gasteiger partial charge in [-0.3, -0.25) is 0 Å². The standard InChI is InChI=1S/C14H26Si4/c1-15(2)11-9-10-12(16(3)4)14(18(7)8)13(11)17(5)6/h9-10H,1-8H3. The third-order valence-corrected chi connectivity index (χ3v) is 10.1. The van der Waals surface area contributed by atoms with Gasteiger partial charge in [0.05, 0.1) is 35.2 Å². The van der Waals surface area contributed by atoms with E-state index in [9.17, 15) is 0 Å². The van der Waals surface area contributed by atoms with Crippen molar-refractivity contribution in [1.29, 1.82) is 0 Å². The molecule has 18 heavy (non-hydrogen) atoms. The van der Waals surface area contributed by atoms with Crippen LogP contribution in [-0.2, 0) is 0 Å². The van der Waals surface area contributed by atoms with Crippen LogP contribution in [0.2, 0.25) is 52.4 Å². The second kappa shape index (κ2) is 6.50. The smallest absolute Gasteiger partial charge is 0.0671 e. The number of hydrogen-bond acceptors (Lipinski definition) is 0. The van der Waals surface area contributed by atoms with Gasteiger partial charge in [-0.05, 0) is 0 Å². The van der Waals surface area contributed by atoms with Crippen LogP contribution in [-0.4, -0.2) is 35.2 Å². The van der Waals surface area contributed by atoms with Gasteiger partial charge in [0.2, 0.25) is 0 Å². The summed E-state index contributed by atoms with van der Waals surface area (Å²) in [6.07, 6.45) is 0. The fourth-order valence-corrected chi connectivity index (χ4v) is 11.8. The topological polar surface area (TPSA) is 0 Å². The maximum atomic E-state index is 2.48. The zero-order chi connectivity index (χ0) is 14.0. The van der Waals surface area contributed by atoms with E-state index >= 15 is 0 Å². The van der Waals surface area contributed by atoms with Crippen molar-refractivity contribution in [3.8, 4) is 0 Å². The van der Waals surface area contributed by atoms with Crippen LogP contribution in [0, 0.1) is 0 Å². The van der Waals surface area contributed by atoms with Crippen LogP contribution >= 0.6 is 0 Å². The molecule has 4 heteroatoms. The lowest BCUT2D eigenvalue weighted by molar-refractivity contribution is 1.79. The molecule has 98 valence electrons. The second-order valence-electron chi connectivity index (χ2n) is 5.91. The molecule has 4 radical (unpaired) electrons. The summed E-state index contributed by atoms with van der Waals surface area (Å²) >= 11 is 0. The molecular weight excluding hydrogens is 280 g/mol. The zero-order valence-electron chi connectivity index (χ0n) is 13.2. The van der Waals surface area contributed by atoms with Crippen LogP contribution in [0.5, 0.6) is 0 Å². The predicted molar refractivity (Wildman–Crippen MR) is 94.9 cm³/mol. The van der Waals surface area contributed by atoms with E-state index in [0.29, 0.717) is 0 Å². The summed E-state index contributed by atoms with van der Waals surface area (Å²) in [5.41, 5.74) is 0. The third kappa shape index (κ3) is 3.35. The van der Waals surface area contributed by atoms with E-state index in [0.717, 1.165) is 0 Å². The lowest BCUT2D eigenvalue weighted by Gasteiger charge is -2.25. The van der Waals surface area contributed by atoms with E-state index in [1.807, 2.05) is 10.4 Å². The van der Waals surface area contributed by atoms with Crippen molar-refractivity contribution in [2.75, 3.05) is 0 Å². The summed E-state index contributed by atoms with van der Waals surface area (Å²) in [5.74, 6) is 0. The largest absolute Gasteiger partial charge is 0.0789 e. The Morgan fingerprint density at radius 1 is 0.500 bits per heavy atom. The summed E-state index contributed by atoms with van der Waals surface area (Å²) in [6.45, 7) is 19.7. The van der Waals surface area contributed by atoms with Crippen molar-refractivity contribution < 1.29 is 0 Å². The van der Waals surface area contributed by atoms with E-state index in [4.69, 9.17) is 0 Å². The summed E-state index contributed by atoms with van der Waals surface area (Å²) < 4.78 is 0. The highest BCUT2D eigenvalue weighted by Gasteiger charge is 2.22. The van der Waals surface area contributed by atoms with Gasteiger partial charge in [0, 0.05) is 0 Å². The molecule has 0 spiro atoms. The molecule has 0 aromatic heterocycles. The van der Waals surface area contributed by atoms with Gasteiger partial charge < -0.3 is 0 Å². The Morgan fingerprint density at radius 3 is 0.944 bits per heavy atom. The number of hydrogen-bond donors (Lipinski definition) is 0. The van der Waals surface area contributed by atoms with Gasteiger partial charge in [0.25, 0.3) is 0 Å². The van der Waals surface area contributed by atoms with Crippen LogP contribution in [0.1, 0.15) is 0 Å². The Hall–Kier alpha value is 0.0875. The molecule has 0 unspecified atom stereocenters. The minimum Gasteiger partial charge on any atom is -0.0671 e. The minimum absolute atomic E-state index is 0.330. The first kappa shape index (κ1) is 16.1. The highest BCUT2D eigenvalue weighted by molar-refractivity contribution is 6.92. The predicted octanol–water partition coefficient (Wildman–Crippen LogP) is 1.53. The first-order chi connectivity index (χ1) is 8.27. The van der Waals surface area contributed by atoms with Crippen LogP contribution < -0.4 is 20.7 Å². The Balaban J connectivity index is 3.60. The van der Waals surface area contributed by atoms with Crippen molar-refractivity contribution in [3.05, 3.63) is 12.1 Å². The second-order valence-corrected chi connectivity index (χ2v) is 16.0. The lowest BCUT2D eigenvalue weighted by Crippen LogP contribution is -2.62. The average molecular weight is 307 g/mol. The fraction of sp³-hybridized carbons (Fsp3) is 0.571. The highest BCUT2D eigenvalue weighted by Crippen LogP contribution is 1.93. The summed E-state index contributed by atoms with van der Waals surface area (Å²) in [7, 11) is -1.36. The van der Waals surface area contributed by atoms with Gasteiger partial charge in [-0.15, -0.1) is 0 Å². The van der Waals surface area contributed by atoms with Gasteiger partial charge in [0.1, 0.15) is 0 Å². The monoisotopic (exact) mass is 306 g/mol. The van der Waals surface area contributed by atoms with E-state index in [2.05, 4.69) is 64.5 Å². The molecule has 0 saturated heterocycles. The average Bonchev–Trinajstić information content (AvgIpc) is 2.26. The molecular formula is C14H26Si4. The maximum absolute atomic E-state index is 2.48. The van der Waals surface area contributed by atoms with Crippen LogP contribution in [0.15, 0.2) is 12.1 Å². The van der Waals surface area contributed by atoms with E-state index in [1.165, 1.54) is 0 Å². The molecule has 1 aromatic rings. The lowest BCUT2D eigenvalue weighted by atomic mass is 10.3. The Bertz CT molecular complexity index is 370. The van der Waals surface area contributed by atoms with E-state index in [-0.39, 0.29) is 35.2 Å². The van der Waals surface area contributed by atoms with E-state index < -0.39 is 0 Å². The van der Waals surface area contributed by atoms with Gasteiger partial charge in [0.15, 0.2) is 0 Å². The van der Waals surface area contributed by atoms with Crippen molar-refractivity contribution in [2.45, 2.75) is 52.4 Å². The van der Waals surface area contributed by atoms with Crippen molar-refractivity contribution in [2.24, 2.45) is 0 Å². The SMILES string of the molecule is C[Si](C)c1ccc([Si](C)C)c([Si](C)C)c1[Si](C)C. The molecule has 0 bridgehead atoms. The van der Waals surface area contributed by atoms with Crippen LogP contribution in [0.3, 0.4) is 0 Å². The van der Waals surface area contributed by atoms with E-state index in [1.54, 1.807) is 10.4 Å². The van der Waals surface area contributed by atoms with Gasteiger partial charge in [-0.1, -0.05) is 85.3 Å². The summed E-state index contributed by atoms with van der Waals surface area (Å²) in [5, 5.41) is 7.10. The third-order valence-electron chi connectivity index (χ3n) is 3.28. The van der Waals surface area contributed by atoms with Gasteiger partial charge in [-0.25, -0.2) is 0 Å². The van der Waals surface area contributed by atoms with Crippen molar-refractivity contribution in [3.63, 3.8) is 0 Å². The molecule has 0 fully saturated rings. The first-order valence-corrected chi connectivity index (χ1v) is 16.7. The Labute approximate surface area is 120 Å². The normalized spacial score (nSPS) is 12.2. The molecule has 0 aliphatic heterocycles. The molecule has 0 aliphatic carbocycles.